The van der Waals surface area contributed by atoms with Gasteiger partial charge < -0.3 is 15.0 Å². The predicted octanol–water partition coefficient (Wildman–Crippen LogP) is 4.09. The number of carbonyl (C=O) groups excluding carboxylic acids is 2. The second-order valence-electron chi connectivity index (χ2n) is 6.37. The van der Waals surface area contributed by atoms with Crippen LogP contribution >= 0.6 is 27.3 Å². The third-order valence-corrected chi connectivity index (χ3v) is 5.61. The highest BCUT2D eigenvalue weighted by molar-refractivity contribution is 9.10. The Morgan fingerprint density at radius 1 is 1.10 bits per heavy atom. The maximum atomic E-state index is 12.7. The van der Waals surface area contributed by atoms with Crippen molar-refractivity contribution in [2.24, 2.45) is 0 Å². The number of nitrogens with one attached hydrogen (secondary N) is 1. The first-order chi connectivity index (χ1) is 14.6. The molecule has 1 N–H and O–H groups in total. The average molecular weight is 489 g/mol. The van der Waals surface area contributed by atoms with E-state index >= 15 is 0 Å². The SMILES string of the molecule is COCCN(CCC(=O)Nc1nnc(-c2cccc(Br)c2)s1)C(=O)c1ccccc1. The molecular formula is C21H21BrN4O3S. The molecule has 7 nitrogen and oxygen atoms in total. The molecule has 1 heterocycles. The Balaban J connectivity index is 1.58. The number of carbonyl (C=O) groups is 2. The van der Waals surface area contributed by atoms with E-state index in [-0.39, 0.29) is 24.8 Å². The molecule has 0 fully saturated rings. The summed E-state index contributed by atoms with van der Waals surface area (Å²) < 4.78 is 6.04. The normalized spacial score (nSPS) is 10.6. The number of halogens is 1. The van der Waals surface area contributed by atoms with Gasteiger partial charge in [-0.3, -0.25) is 9.59 Å². The van der Waals surface area contributed by atoms with Crippen molar-refractivity contribution in [3.8, 4) is 10.6 Å². The van der Waals surface area contributed by atoms with Gasteiger partial charge in [0, 0.05) is 42.2 Å². The molecule has 0 saturated carbocycles. The Kier molecular flexibility index (Phi) is 8.06. The third kappa shape index (κ3) is 6.19. The maximum absolute atomic E-state index is 12.7. The molecule has 2 amide bonds. The summed E-state index contributed by atoms with van der Waals surface area (Å²) in [7, 11) is 1.58. The van der Waals surface area contributed by atoms with E-state index in [2.05, 4.69) is 31.4 Å². The summed E-state index contributed by atoms with van der Waals surface area (Å²) in [5, 5.41) is 12.1. The zero-order valence-electron chi connectivity index (χ0n) is 16.4. The minimum atomic E-state index is -0.227. The number of ether oxygens (including phenoxy) is 1. The van der Waals surface area contributed by atoms with Crippen LogP contribution in [0.3, 0.4) is 0 Å². The lowest BCUT2D eigenvalue weighted by Crippen LogP contribution is -2.36. The fraction of sp³-hybridized carbons (Fsp3) is 0.238. The molecule has 156 valence electrons. The summed E-state index contributed by atoms with van der Waals surface area (Å²) in [6.07, 6.45) is 0.147. The summed E-state index contributed by atoms with van der Waals surface area (Å²) >= 11 is 4.73. The van der Waals surface area contributed by atoms with Crippen LogP contribution in [0.4, 0.5) is 5.13 Å². The molecule has 3 rings (SSSR count). The fourth-order valence-electron chi connectivity index (χ4n) is 2.71. The largest absolute Gasteiger partial charge is 0.383 e. The van der Waals surface area contributed by atoms with E-state index in [1.807, 2.05) is 42.5 Å². The van der Waals surface area contributed by atoms with E-state index in [0.717, 1.165) is 10.0 Å². The summed E-state index contributed by atoms with van der Waals surface area (Å²) in [6, 6.07) is 16.7. The molecule has 0 radical (unpaired) electrons. The topological polar surface area (TPSA) is 84.4 Å². The van der Waals surface area contributed by atoms with Gasteiger partial charge in [-0.15, -0.1) is 10.2 Å². The van der Waals surface area contributed by atoms with Crippen LogP contribution in [0.15, 0.2) is 59.1 Å². The summed E-state index contributed by atoms with van der Waals surface area (Å²) in [4.78, 5) is 26.7. The van der Waals surface area contributed by atoms with Crippen molar-refractivity contribution < 1.29 is 14.3 Å². The molecule has 0 unspecified atom stereocenters. The van der Waals surface area contributed by atoms with E-state index < -0.39 is 0 Å². The van der Waals surface area contributed by atoms with Gasteiger partial charge in [0.15, 0.2) is 0 Å². The molecular weight excluding hydrogens is 468 g/mol. The molecule has 9 heteroatoms. The molecule has 0 atom stereocenters. The number of aromatic nitrogens is 2. The van der Waals surface area contributed by atoms with E-state index in [1.54, 1.807) is 24.1 Å². The zero-order valence-corrected chi connectivity index (χ0v) is 18.8. The first-order valence-corrected chi connectivity index (χ1v) is 10.9. The van der Waals surface area contributed by atoms with Crippen LogP contribution in [0.25, 0.3) is 10.6 Å². The number of hydrogen-bond donors (Lipinski definition) is 1. The van der Waals surface area contributed by atoms with E-state index in [4.69, 9.17) is 4.74 Å². The number of hydrogen-bond acceptors (Lipinski definition) is 6. The van der Waals surface area contributed by atoms with Crippen LogP contribution in [0.5, 0.6) is 0 Å². The number of methoxy groups -OCH3 is 1. The highest BCUT2D eigenvalue weighted by atomic mass is 79.9. The zero-order chi connectivity index (χ0) is 21.3. The van der Waals surface area contributed by atoms with E-state index in [0.29, 0.717) is 28.9 Å². The molecule has 0 bridgehead atoms. The van der Waals surface area contributed by atoms with Crippen LogP contribution in [0.1, 0.15) is 16.8 Å². The molecule has 2 aromatic carbocycles. The van der Waals surface area contributed by atoms with Gasteiger partial charge in [-0.2, -0.15) is 0 Å². The molecule has 0 spiro atoms. The van der Waals surface area contributed by atoms with Gasteiger partial charge in [0.05, 0.1) is 6.61 Å². The van der Waals surface area contributed by atoms with Crippen molar-refractivity contribution >= 4 is 44.2 Å². The van der Waals surface area contributed by atoms with Gasteiger partial charge in [0.2, 0.25) is 11.0 Å². The van der Waals surface area contributed by atoms with Crippen LogP contribution in [-0.2, 0) is 9.53 Å². The minimum Gasteiger partial charge on any atom is -0.383 e. The van der Waals surface area contributed by atoms with Crippen molar-refractivity contribution in [2.75, 3.05) is 32.1 Å². The lowest BCUT2D eigenvalue weighted by molar-refractivity contribution is -0.116. The van der Waals surface area contributed by atoms with Gasteiger partial charge in [-0.05, 0) is 24.3 Å². The van der Waals surface area contributed by atoms with Crippen molar-refractivity contribution in [3.05, 3.63) is 64.6 Å². The molecule has 3 aromatic rings. The Morgan fingerprint density at radius 2 is 1.90 bits per heavy atom. The number of rotatable bonds is 9. The third-order valence-electron chi connectivity index (χ3n) is 4.22. The molecule has 0 saturated heterocycles. The van der Waals surface area contributed by atoms with E-state index in [9.17, 15) is 9.59 Å². The number of benzene rings is 2. The number of nitrogens with zero attached hydrogens (tertiary/aromatic N) is 3. The van der Waals surface area contributed by atoms with Crippen LogP contribution < -0.4 is 5.32 Å². The van der Waals surface area contributed by atoms with Gasteiger partial charge in [0.25, 0.3) is 5.91 Å². The highest BCUT2D eigenvalue weighted by Gasteiger charge is 2.17. The van der Waals surface area contributed by atoms with Crippen molar-refractivity contribution in [1.82, 2.24) is 15.1 Å². The smallest absolute Gasteiger partial charge is 0.253 e. The summed E-state index contributed by atoms with van der Waals surface area (Å²) in [5.41, 5.74) is 1.50. The van der Waals surface area contributed by atoms with Crippen LogP contribution in [0, 0.1) is 0 Å². The van der Waals surface area contributed by atoms with Gasteiger partial charge in [-0.1, -0.05) is 57.6 Å². The van der Waals surface area contributed by atoms with Gasteiger partial charge in [-0.25, -0.2) is 0 Å². The molecule has 0 aliphatic heterocycles. The second-order valence-corrected chi connectivity index (χ2v) is 8.27. The van der Waals surface area contributed by atoms with Gasteiger partial charge >= 0.3 is 0 Å². The fourth-order valence-corrected chi connectivity index (χ4v) is 3.87. The Bertz CT molecular complexity index is 997. The first-order valence-electron chi connectivity index (χ1n) is 9.29. The van der Waals surface area contributed by atoms with Gasteiger partial charge in [0.1, 0.15) is 5.01 Å². The van der Waals surface area contributed by atoms with Crippen LogP contribution in [0.2, 0.25) is 0 Å². The maximum Gasteiger partial charge on any atom is 0.253 e. The Labute approximate surface area is 187 Å². The molecule has 0 aliphatic carbocycles. The van der Waals surface area contributed by atoms with Crippen molar-refractivity contribution in [3.63, 3.8) is 0 Å². The average Bonchev–Trinajstić information content (AvgIpc) is 3.22. The lowest BCUT2D eigenvalue weighted by atomic mass is 10.2. The lowest BCUT2D eigenvalue weighted by Gasteiger charge is -2.22. The number of amides is 2. The predicted molar refractivity (Wildman–Crippen MR) is 121 cm³/mol. The first kappa shape index (κ1) is 22.1. The standard InChI is InChI=1S/C21H21BrN4O3S/c1-29-13-12-26(20(28)15-6-3-2-4-7-15)11-10-18(27)23-21-25-24-19(30-21)16-8-5-9-17(22)14-16/h2-9,14H,10-13H2,1H3,(H,23,25,27). The van der Waals surface area contributed by atoms with E-state index in [1.165, 1.54) is 11.3 Å². The quantitative estimate of drug-likeness (QED) is 0.490. The Hall–Kier alpha value is -2.62. The Morgan fingerprint density at radius 3 is 2.63 bits per heavy atom. The molecule has 1 aromatic heterocycles. The molecule has 0 aliphatic rings. The summed E-state index contributed by atoms with van der Waals surface area (Å²) in [5.74, 6) is -0.358. The minimum absolute atomic E-state index is 0.131. The van der Waals surface area contributed by atoms with Crippen molar-refractivity contribution in [2.45, 2.75) is 6.42 Å². The molecule has 30 heavy (non-hydrogen) atoms. The summed E-state index contributed by atoms with van der Waals surface area (Å²) in [6.45, 7) is 1.08. The van der Waals surface area contributed by atoms with Crippen LogP contribution in [-0.4, -0.2) is 53.7 Å². The monoisotopic (exact) mass is 488 g/mol. The second kappa shape index (κ2) is 11.0. The van der Waals surface area contributed by atoms with Crippen molar-refractivity contribution in [1.29, 1.82) is 0 Å². The highest BCUT2D eigenvalue weighted by Crippen LogP contribution is 2.28. The number of anilines is 1.